The number of rotatable bonds is 5. The molecule has 0 bridgehead atoms. The first-order valence-corrected chi connectivity index (χ1v) is 7.26. The van der Waals surface area contributed by atoms with E-state index in [0.29, 0.717) is 17.0 Å². The van der Waals surface area contributed by atoms with Gasteiger partial charge in [-0.05, 0) is 38.0 Å². The van der Waals surface area contributed by atoms with E-state index in [9.17, 15) is 4.79 Å². The van der Waals surface area contributed by atoms with Gasteiger partial charge in [0.25, 0.3) is 5.56 Å². The molecular weight excluding hydrogens is 262 g/mol. The summed E-state index contributed by atoms with van der Waals surface area (Å²) in [5, 5.41) is 7.70. The Morgan fingerprint density at radius 3 is 2.53 bits per heavy atom. The summed E-state index contributed by atoms with van der Waals surface area (Å²) in [6.45, 7) is 9.17. The summed E-state index contributed by atoms with van der Waals surface area (Å²) in [5.74, 6) is 0.641. The highest BCUT2D eigenvalue weighted by Gasteiger charge is 2.45. The van der Waals surface area contributed by atoms with Gasteiger partial charge in [0.2, 0.25) is 0 Å². The molecule has 106 valence electrons. The third-order valence-electron chi connectivity index (χ3n) is 4.18. The van der Waals surface area contributed by atoms with Crippen molar-refractivity contribution in [2.24, 2.45) is 11.3 Å². The molecule has 0 amide bonds. The molecule has 1 aliphatic carbocycles. The zero-order valence-electron chi connectivity index (χ0n) is 12.0. The van der Waals surface area contributed by atoms with Gasteiger partial charge in [-0.25, -0.2) is 4.68 Å². The summed E-state index contributed by atoms with van der Waals surface area (Å²) in [4.78, 5) is 12.0. The standard InChI is InChI=1S/C14H22ClN3O/c1-9(2)14(5-6-14)8-16-11-7-17-18(10(3)4)13(19)12(11)15/h7,9-10,16H,5-6,8H2,1-4H3. The highest BCUT2D eigenvalue weighted by atomic mass is 35.5. The molecular formula is C14H22ClN3O. The number of nitrogens with one attached hydrogen (secondary N) is 1. The lowest BCUT2D eigenvalue weighted by molar-refractivity contribution is 0.380. The molecule has 2 rings (SSSR count). The minimum atomic E-state index is -0.226. The van der Waals surface area contributed by atoms with Gasteiger partial charge < -0.3 is 5.32 Å². The molecule has 1 fully saturated rings. The summed E-state index contributed by atoms with van der Waals surface area (Å²) in [5.41, 5.74) is 0.794. The zero-order valence-corrected chi connectivity index (χ0v) is 12.8. The van der Waals surface area contributed by atoms with E-state index in [1.807, 2.05) is 13.8 Å². The van der Waals surface area contributed by atoms with Gasteiger partial charge in [-0.15, -0.1) is 0 Å². The van der Waals surface area contributed by atoms with E-state index in [1.165, 1.54) is 17.5 Å². The Bertz CT molecular complexity index is 518. The van der Waals surface area contributed by atoms with Crippen molar-refractivity contribution in [1.29, 1.82) is 0 Å². The van der Waals surface area contributed by atoms with Gasteiger partial charge in [0.15, 0.2) is 0 Å². The Morgan fingerprint density at radius 2 is 2.05 bits per heavy atom. The van der Waals surface area contributed by atoms with Crippen LogP contribution in [0.2, 0.25) is 5.02 Å². The minimum Gasteiger partial charge on any atom is -0.382 e. The predicted molar refractivity (Wildman–Crippen MR) is 78.9 cm³/mol. The number of anilines is 1. The van der Waals surface area contributed by atoms with Crippen LogP contribution in [0.1, 0.15) is 46.6 Å². The van der Waals surface area contributed by atoms with E-state index in [4.69, 9.17) is 11.6 Å². The SMILES string of the molecule is CC(C)n1ncc(NCC2(C(C)C)CC2)c(Cl)c1=O. The molecule has 0 spiro atoms. The summed E-state index contributed by atoms with van der Waals surface area (Å²) < 4.78 is 1.41. The Labute approximate surface area is 119 Å². The number of aromatic nitrogens is 2. The molecule has 1 heterocycles. The van der Waals surface area contributed by atoms with Crippen LogP contribution in [0.15, 0.2) is 11.0 Å². The maximum atomic E-state index is 12.0. The third kappa shape index (κ3) is 2.78. The van der Waals surface area contributed by atoms with Crippen molar-refractivity contribution in [1.82, 2.24) is 9.78 Å². The topological polar surface area (TPSA) is 46.9 Å². The Hall–Kier alpha value is -1.03. The summed E-state index contributed by atoms with van der Waals surface area (Å²) in [6, 6.07) is 0.0180. The van der Waals surface area contributed by atoms with Crippen LogP contribution in [0.25, 0.3) is 0 Å². The lowest BCUT2D eigenvalue weighted by Gasteiger charge is -2.21. The molecule has 0 aromatic carbocycles. The van der Waals surface area contributed by atoms with Crippen molar-refractivity contribution >= 4 is 17.3 Å². The van der Waals surface area contributed by atoms with Gasteiger partial charge in [0.05, 0.1) is 17.9 Å². The van der Waals surface area contributed by atoms with Crippen LogP contribution in [0.3, 0.4) is 0 Å². The van der Waals surface area contributed by atoms with Crippen LogP contribution in [0, 0.1) is 11.3 Å². The normalized spacial score (nSPS) is 17.0. The first kappa shape index (κ1) is 14.4. The van der Waals surface area contributed by atoms with Crippen LogP contribution < -0.4 is 10.9 Å². The first-order valence-electron chi connectivity index (χ1n) is 6.88. The van der Waals surface area contributed by atoms with Gasteiger partial charge in [0, 0.05) is 6.54 Å². The van der Waals surface area contributed by atoms with E-state index < -0.39 is 0 Å². The van der Waals surface area contributed by atoms with Crippen LogP contribution in [0.5, 0.6) is 0 Å². The second-order valence-corrected chi connectivity index (χ2v) is 6.46. The molecule has 1 aliphatic rings. The number of halogens is 1. The zero-order chi connectivity index (χ0) is 14.2. The summed E-state index contributed by atoms with van der Waals surface area (Å²) in [6.07, 6.45) is 4.14. The smallest absolute Gasteiger partial charge is 0.287 e. The summed E-state index contributed by atoms with van der Waals surface area (Å²) in [7, 11) is 0. The van der Waals surface area contributed by atoms with E-state index in [-0.39, 0.29) is 16.6 Å². The third-order valence-corrected chi connectivity index (χ3v) is 4.55. The molecule has 1 saturated carbocycles. The molecule has 0 unspecified atom stereocenters. The first-order chi connectivity index (χ1) is 8.87. The van der Waals surface area contributed by atoms with E-state index in [2.05, 4.69) is 24.3 Å². The number of hydrogen-bond donors (Lipinski definition) is 1. The van der Waals surface area contributed by atoms with Gasteiger partial charge in [-0.3, -0.25) is 4.79 Å². The number of hydrogen-bond acceptors (Lipinski definition) is 3. The van der Waals surface area contributed by atoms with E-state index in [0.717, 1.165) is 6.54 Å². The van der Waals surface area contributed by atoms with E-state index >= 15 is 0 Å². The average molecular weight is 284 g/mol. The van der Waals surface area contributed by atoms with Gasteiger partial charge >= 0.3 is 0 Å². The predicted octanol–water partition coefficient (Wildman–Crippen LogP) is 3.33. The quantitative estimate of drug-likeness (QED) is 0.902. The fourth-order valence-electron chi connectivity index (χ4n) is 2.33. The lowest BCUT2D eigenvalue weighted by atomic mass is 9.92. The minimum absolute atomic E-state index is 0.0180. The van der Waals surface area contributed by atoms with Crippen molar-refractivity contribution in [3.05, 3.63) is 21.6 Å². The summed E-state index contributed by atoms with van der Waals surface area (Å²) >= 11 is 6.14. The highest BCUT2D eigenvalue weighted by Crippen LogP contribution is 2.51. The molecule has 0 aliphatic heterocycles. The second kappa shape index (κ2) is 5.16. The Balaban J connectivity index is 2.14. The van der Waals surface area contributed by atoms with E-state index in [1.54, 1.807) is 6.20 Å². The van der Waals surface area contributed by atoms with Crippen LogP contribution >= 0.6 is 11.6 Å². The maximum absolute atomic E-state index is 12.0. The van der Waals surface area contributed by atoms with Crippen molar-refractivity contribution in [2.75, 3.05) is 11.9 Å². The Kier molecular flexibility index (Phi) is 3.90. The molecule has 0 radical (unpaired) electrons. The molecule has 19 heavy (non-hydrogen) atoms. The van der Waals surface area contributed by atoms with Crippen molar-refractivity contribution in [3.8, 4) is 0 Å². The molecule has 1 aromatic rings. The molecule has 0 saturated heterocycles. The molecule has 0 atom stereocenters. The molecule has 1 N–H and O–H groups in total. The fourth-order valence-corrected chi connectivity index (χ4v) is 2.53. The van der Waals surface area contributed by atoms with Crippen molar-refractivity contribution in [3.63, 3.8) is 0 Å². The fraction of sp³-hybridized carbons (Fsp3) is 0.714. The lowest BCUT2D eigenvalue weighted by Crippen LogP contribution is -2.27. The maximum Gasteiger partial charge on any atom is 0.287 e. The van der Waals surface area contributed by atoms with Crippen LogP contribution in [-0.4, -0.2) is 16.3 Å². The molecule has 5 heteroatoms. The average Bonchev–Trinajstić information content (AvgIpc) is 3.11. The molecule has 1 aromatic heterocycles. The van der Waals surface area contributed by atoms with Gasteiger partial charge in [-0.1, -0.05) is 25.4 Å². The highest BCUT2D eigenvalue weighted by molar-refractivity contribution is 6.32. The monoisotopic (exact) mass is 283 g/mol. The van der Waals surface area contributed by atoms with Crippen LogP contribution in [-0.2, 0) is 0 Å². The second-order valence-electron chi connectivity index (χ2n) is 6.09. The van der Waals surface area contributed by atoms with Gasteiger partial charge in [-0.2, -0.15) is 5.10 Å². The molecule has 4 nitrogen and oxygen atoms in total. The van der Waals surface area contributed by atoms with Gasteiger partial charge in [0.1, 0.15) is 5.02 Å². The van der Waals surface area contributed by atoms with Crippen LogP contribution in [0.4, 0.5) is 5.69 Å². The van der Waals surface area contributed by atoms with Crippen molar-refractivity contribution in [2.45, 2.75) is 46.6 Å². The number of nitrogens with zero attached hydrogens (tertiary/aromatic N) is 2. The largest absolute Gasteiger partial charge is 0.382 e. The van der Waals surface area contributed by atoms with Crippen molar-refractivity contribution < 1.29 is 0 Å². The Morgan fingerprint density at radius 1 is 1.42 bits per heavy atom.